The molecule has 1 unspecified atom stereocenters. The Morgan fingerprint density at radius 1 is 1.36 bits per heavy atom. The SMILES string of the molecule is CCC1(C)CN(c2ccc(Oc3ccc(C=NC)c(C4CC4)c3)nc2)C(=O)N1. The van der Waals surface area contributed by atoms with Gasteiger partial charge in [0.2, 0.25) is 5.88 Å². The molecule has 2 aliphatic rings. The number of aromatic nitrogens is 1. The smallest absolute Gasteiger partial charge is 0.322 e. The average Bonchev–Trinajstić information content (AvgIpc) is 3.49. The van der Waals surface area contributed by atoms with E-state index in [4.69, 9.17) is 4.74 Å². The number of carbonyl (C=O) groups excluding carboxylic acids is 1. The minimum atomic E-state index is -0.199. The summed E-state index contributed by atoms with van der Waals surface area (Å²) in [7, 11) is 1.79. The monoisotopic (exact) mass is 378 g/mol. The van der Waals surface area contributed by atoms with Crippen LogP contribution in [0.3, 0.4) is 0 Å². The highest BCUT2D eigenvalue weighted by atomic mass is 16.5. The Labute approximate surface area is 165 Å². The van der Waals surface area contributed by atoms with Crippen LogP contribution in [0, 0.1) is 0 Å². The number of amides is 2. The highest BCUT2D eigenvalue weighted by Crippen LogP contribution is 2.43. The second-order valence-corrected chi connectivity index (χ2v) is 7.84. The van der Waals surface area contributed by atoms with Crippen molar-refractivity contribution in [3.05, 3.63) is 47.7 Å². The summed E-state index contributed by atoms with van der Waals surface area (Å²) in [5.41, 5.74) is 3.01. The van der Waals surface area contributed by atoms with E-state index in [-0.39, 0.29) is 11.6 Å². The first-order valence-corrected chi connectivity index (χ1v) is 9.81. The van der Waals surface area contributed by atoms with Gasteiger partial charge in [0.15, 0.2) is 0 Å². The van der Waals surface area contributed by atoms with Gasteiger partial charge in [-0.25, -0.2) is 9.78 Å². The van der Waals surface area contributed by atoms with Crippen molar-refractivity contribution in [1.82, 2.24) is 10.3 Å². The summed E-state index contributed by atoms with van der Waals surface area (Å²) >= 11 is 0. The van der Waals surface area contributed by atoms with Crippen molar-refractivity contribution in [1.29, 1.82) is 0 Å². The number of hydrogen-bond acceptors (Lipinski definition) is 4. The number of urea groups is 1. The molecule has 0 spiro atoms. The van der Waals surface area contributed by atoms with E-state index in [2.05, 4.69) is 35.2 Å². The summed E-state index contributed by atoms with van der Waals surface area (Å²) in [5.74, 6) is 1.89. The number of anilines is 1. The molecular formula is C22H26N4O2. The van der Waals surface area contributed by atoms with Crippen molar-refractivity contribution in [2.45, 2.75) is 44.6 Å². The number of carbonyl (C=O) groups is 1. The number of hydrogen-bond donors (Lipinski definition) is 1. The van der Waals surface area contributed by atoms with E-state index in [1.54, 1.807) is 18.1 Å². The zero-order valence-corrected chi connectivity index (χ0v) is 16.6. The minimum absolute atomic E-state index is 0.0814. The van der Waals surface area contributed by atoms with Crippen molar-refractivity contribution in [3.8, 4) is 11.6 Å². The molecule has 6 heteroatoms. The minimum Gasteiger partial charge on any atom is -0.439 e. The van der Waals surface area contributed by atoms with E-state index in [0.717, 1.165) is 23.4 Å². The molecule has 6 nitrogen and oxygen atoms in total. The zero-order chi connectivity index (χ0) is 19.7. The van der Waals surface area contributed by atoms with Crippen molar-refractivity contribution >= 4 is 17.9 Å². The number of rotatable bonds is 6. The maximum Gasteiger partial charge on any atom is 0.322 e. The molecule has 2 heterocycles. The summed E-state index contributed by atoms with van der Waals surface area (Å²) in [6.07, 6.45) is 6.91. The third-order valence-corrected chi connectivity index (χ3v) is 5.54. The zero-order valence-electron chi connectivity index (χ0n) is 16.6. The van der Waals surface area contributed by atoms with Crippen LogP contribution in [0.15, 0.2) is 41.5 Å². The van der Waals surface area contributed by atoms with Gasteiger partial charge in [-0.15, -0.1) is 0 Å². The fourth-order valence-electron chi connectivity index (χ4n) is 3.53. The van der Waals surface area contributed by atoms with Gasteiger partial charge in [-0.05, 0) is 67.5 Å². The van der Waals surface area contributed by atoms with Gasteiger partial charge in [-0.2, -0.15) is 0 Å². The van der Waals surface area contributed by atoms with Gasteiger partial charge >= 0.3 is 6.03 Å². The van der Waals surface area contributed by atoms with E-state index in [0.29, 0.717) is 18.3 Å². The van der Waals surface area contributed by atoms with Crippen molar-refractivity contribution in [3.63, 3.8) is 0 Å². The summed E-state index contributed by atoms with van der Waals surface area (Å²) in [5, 5.41) is 3.04. The first-order valence-electron chi connectivity index (χ1n) is 9.81. The van der Waals surface area contributed by atoms with Crippen molar-refractivity contribution in [2.24, 2.45) is 4.99 Å². The molecule has 2 amide bonds. The Morgan fingerprint density at radius 3 is 2.79 bits per heavy atom. The van der Waals surface area contributed by atoms with Gasteiger partial charge in [0.05, 0.1) is 24.0 Å². The predicted molar refractivity (Wildman–Crippen MR) is 111 cm³/mol. The van der Waals surface area contributed by atoms with Crippen LogP contribution in [0.1, 0.15) is 50.2 Å². The molecule has 1 aromatic heterocycles. The number of nitrogens with zero attached hydrogens (tertiary/aromatic N) is 3. The highest BCUT2D eigenvalue weighted by Gasteiger charge is 2.38. The third kappa shape index (κ3) is 3.72. The van der Waals surface area contributed by atoms with Gasteiger partial charge in [-0.3, -0.25) is 9.89 Å². The molecule has 28 heavy (non-hydrogen) atoms. The summed E-state index contributed by atoms with van der Waals surface area (Å²) in [4.78, 5) is 22.5. The Kier molecular flexibility index (Phi) is 4.79. The van der Waals surface area contributed by atoms with Gasteiger partial charge in [0.25, 0.3) is 0 Å². The van der Waals surface area contributed by atoms with Crippen LogP contribution in [-0.2, 0) is 0 Å². The number of aliphatic imine (C=N–C) groups is 1. The molecule has 146 valence electrons. The molecule has 2 aromatic rings. The second-order valence-electron chi connectivity index (χ2n) is 7.84. The molecule has 1 atom stereocenters. The number of benzene rings is 1. The maximum absolute atomic E-state index is 12.3. The molecule has 4 rings (SSSR count). The van der Waals surface area contributed by atoms with Crippen LogP contribution in [-0.4, -0.2) is 36.4 Å². The molecule has 0 bridgehead atoms. The fourth-order valence-corrected chi connectivity index (χ4v) is 3.53. The van der Waals surface area contributed by atoms with Crippen LogP contribution < -0.4 is 15.0 Å². The van der Waals surface area contributed by atoms with E-state index in [1.807, 2.05) is 30.5 Å². The van der Waals surface area contributed by atoms with E-state index >= 15 is 0 Å². The van der Waals surface area contributed by atoms with E-state index in [9.17, 15) is 4.79 Å². The van der Waals surface area contributed by atoms with Crippen LogP contribution in [0.2, 0.25) is 0 Å². The summed E-state index contributed by atoms with van der Waals surface area (Å²) in [6, 6.07) is 9.68. The van der Waals surface area contributed by atoms with Crippen molar-refractivity contribution < 1.29 is 9.53 Å². The lowest BCUT2D eigenvalue weighted by Crippen LogP contribution is -2.39. The first kappa shape index (κ1) is 18.5. The quantitative estimate of drug-likeness (QED) is 0.753. The Balaban J connectivity index is 1.49. The third-order valence-electron chi connectivity index (χ3n) is 5.54. The van der Waals surface area contributed by atoms with Gasteiger partial charge < -0.3 is 10.1 Å². The van der Waals surface area contributed by atoms with Gasteiger partial charge in [0, 0.05) is 19.3 Å². The molecule has 2 fully saturated rings. The number of nitrogens with one attached hydrogen (secondary N) is 1. The Morgan fingerprint density at radius 2 is 2.18 bits per heavy atom. The predicted octanol–water partition coefficient (Wildman–Crippen LogP) is 4.50. The molecule has 0 radical (unpaired) electrons. The van der Waals surface area contributed by atoms with E-state index < -0.39 is 0 Å². The standard InChI is InChI=1S/C22H26N4O2/c1-4-22(2)14-26(21(27)25-22)17-8-10-20(24-13-17)28-18-9-7-16(12-23-3)19(11-18)15-5-6-15/h7-13,15H,4-6,14H2,1-3H3,(H,25,27). The first-order chi connectivity index (χ1) is 13.5. The summed E-state index contributed by atoms with van der Waals surface area (Å²) < 4.78 is 5.96. The summed E-state index contributed by atoms with van der Waals surface area (Å²) in [6.45, 7) is 4.77. The molecule has 1 aliphatic carbocycles. The number of pyridine rings is 1. The fraction of sp³-hybridized carbons (Fsp3) is 0.409. The lowest BCUT2D eigenvalue weighted by molar-refractivity contribution is 0.247. The molecule has 1 saturated carbocycles. The lowest BCUT2D eigenvalue weighted by atomic mass is 10.0. The Bertz CT molecular complexity index is 905. The van der Waals surface area contributed by atoms with Crippen LogP contribution in [0.25, 0.3) is 0 Å². The van der Waals surface area contributed by atoms with Gasteiger partial charge in [-0.1, -0.05) is 6.92 Å². The molecule has 1 N–H and O–H groups in total. The topological polar surface area (TPSA) is 66.8 Å². The molecule has 1 aliphatic heterocycles. The van der Waals surface area contributed by atoms with E-state index in [1.165, 1.54) is 18.4 Å². The second kappa shape index (κ2) is 7.26. The molecule has 1 aromatic carbocycles. The van der Waals surface area contributed by atoms with Crippen LogP contribution >= 0.6 is 0 Å². The van der Waals surface area contributed by atoms with Crippen LogP contribution in [0.4, 0.5) is 10.5 Å². The van der Waals surface area contributed by atoms with Crippen molar-refractivity contribution in [2.75, 3.05) is 18.5 Å². The normalized spacial score (nSPS) is 22.0. The Hall–Kier alpha value is -2.89. The molecule has 1 saturated heterocycles. The maximum atomic E-state index is 12.3. The average molecular weight is 378 g/mol. The molecular weight excluding hydrogens is 352 g/mol. The highest BCUT2D eigenvalue weighted by molar-refractivity contribution is 5.95. The van der Waals surface area contributed by atoms with Gasteiger partial charge in [0.1, 0.15) is 5.75 Å². The lowest BCUT2D eigenvalue weighted by Gasteiger charge is -2.21. The largest absolute Gasteiger partial charge is 0.439 e. The van der Waals surface area contributed by atoms with Crippen LogP contribution in [0.5, 0.6) is 11.6 Å². The number of ether oxygens (including phenoxy) is 1.